The summed E-state index contributed by atoms with van der Waals surface area (Å²) in [7, 11) is 0. The van der Waals surface area contributed by atoms with E-state index in [-0.39, 0.29) is 12.5 Å². The summed E-state index contributed by atoms with van der Waals surface area (Å²) in [5.74, 6) is 1.02. The fourth-order valence-electron chi connectivity index (χ4n) is 1.33. The first kappa shape index (κ1) is 14.6. The first-order chi connectivity index (χ1) is 8.93. The second-order valence-electron chi connectivity index (χ2n) is 4.20. The molecule has 0 radical (unpaired) electrons. The molecule has 1 heterocycles. The third-order valence-corrected chi connectivity index (χ3v) is 2.31. The molecule has 7 heteroatoms. The highest BCUT2D eigenvalue weighted by Gasteiger charge is 2.18. The van der Waals surface area contributed by atoms with E-state index < -0.39 is 18.0 Å². The maximum absolute atomic E-state index is 11.6. The van der Waals surface area contributed by atoms with Crippen LogP contribution in [0.5, 0.6) is 0 Å². The standard InChI is InChI=1S/C12H16N4O3/c1-4-5-10(11(17)18)15-12(19)14-9-6-13-16(7-9)8(2)3/h1,6-8,10H,5H2,2-3H3,(H,17,18)(H2,14,15,19). The van der Waals surface area contributed by atoms with Gasteiger partial charge < -0.3 is 15.7 Å². The number of nitrogens with zero attached hydrogens (tertiary/aromatic N) is 2. The van der Waals surface area contributed by atoms with E-state index in [4.69, 9.17) is 11.5 Å². The second kappa shape index (κ2) is 6.44. The lowest BCUT2D eigenvalue weighted by Gasteiger charge is -2.11. The Balaban J connectivity index is 2.59. The average Bonchev–Trinajstić information content (AvgIpc) is 2.76. The number of anilines is 1. The summed E-state index contributed by atoms with van der Waals surface area (Å²) < 4.78 is 1.67. The minimum atomic E-state index is -1.18. The predicted octanol–water partition coefficient (Wildman–Crippen LogP) is 1.06. The Morgan fingerprint density at radius 2 is 2.26 bits per heavy atom. The van der Waals surface area contributed by atoms with Crippen LogP contribution >= 0.6 is 0 Å². The number of carbonyl (C=O) groups is 2. The molecule has 1 unspecified atom stereocenters. The van der Waals surface area contributed by atoms with Crippen molar-refractivity contribution >= 4 is 17.7 Å². The molecule has 0 aliphatic rings. The Kier molecular flexibility index (Phi) is 4.94. The van der Waals surface area contributed by atoms with Crippen molar-refractivity contribution < 1.29 is 14.7 Å². The van der Waals surface area contributed by atoms with Gasteiger partial charge in [-0.25, -0.2) is 9.59 Å². The van der Waals surface area contributed by atoms with Crippen LogP contribution < -0.4 is 10.6 Å². The first-order valence-electron chi connectivity index (χ1n) is 5.72. The molecule has 1 aromatic rings. The number of hydrogen-bond acceptors (Lipinski definition) is 3. The summed E-state index contributed by atoms with van der Waals surface area (Å²) in [5.41, 5.74) is 0.482. The molecule has 1 atom stereocenters. The Labute approximate surface area is 111 Å². The van der Waals surface area contributed by atoms with Crippen molar-refractivity contribution in [3.05, 3.63) is 12.4 Å². The van der Waals surface area contributed by atoms with E-state index in [1.54, 1.807) is 10.9 Å². The van der Waals surface area contributed by atoms with Gasteiger partial charge in [0.2, 0.25) is 0 Å². The van der Waals surface area contributed by atoms with Crippen LogP contribution in [0.1, 0.15) is 26.3 Å². The van der Waals surface area contributed by atoms with Gasteiger partial charge in [-0.15, -0.1) is 12.3 Å². The number of hydrogen-bond donors (Lipinski definition) is 3. The number of terminal acetylenes is 1. The fourth-order valence-corrected chi connectivity index (χ4v) is 1.33. The van der Waals surface area contributed by atoms with Crippen molar-refractivity contribution in [3.63, 3.8) is 0 Å². The second-order valence-corrected chi connectivity index (χ2v) is 4.20. The molecule has 0 aromatic carbocycles. The van der Waals surface area contributed by atoms with Gasteiger partial charge >= 0.3 is 12.0 Å². The predicted molar refractivity (Wildman–Crippen MR) is 69.6 cm³/mol. The number of carboxylic acids is 1. The number of aliphatic carboxylic acids is 1. The summed E-state index contributed by atoms with van der Waals surface area (Å²) in [6.45, 7) is 3.90. The average molecular weight is 264 g/mol. The summed E-state index contributed by atoms with van der Waals surface area (Å²) in [4.78, 5) is 22.4. The molecule has 0 bridgehead atoms. The molecule has 7 nitrogen and oxygen atoms in total. The molecule has 0 aliphatic heterocycles. The Morgan fingerprint density at radius 3 is 2.74 bits per heavy atom. The summed E-state index contributed by atoms with van der Waals surface area (Å²) in [6, 6.07) is -1.57. The largest absolute Gasteiger partial charge is 0.480 e. The van der Waals surface area contributed by atoms with Gasteiger partial charge in [0.05, 0.1) is 11.9 Å². The van der Waals surface area contributed by atoms with Gasteiger partial charge in [0, 0.05) is 18.7 Å². The van der Waals surface area contributed by atoms with E-state index in [1.807, 2.05) is 13.8 Å². The molecular formula is C12H16N4O3. The van der Waals surface area contributed by atoms with Crippen molar-refractivity contribution in [1.29, 1.82) is 0 Å². The maximum atomic E-state index is 11.6. The van der Waals surface area contributed by atoms with Crippen LogP contribution in [0, 0.1) is 12.3 Å². The van der Waals surface area contributed by atoms with Crippen LogP contribution in [0.25, 0.3) is 0 Å². The van der Waals surface area contributed by atoms with Gasteiger partial charge in [0.1, 0.15) is 6.04 Å². The van der Waals surface area contributed by atoms with Crippen LogP contribution in [0.4, 0.5) is 10.5 Å². The van der Waals surface area contributed by atoms with E-state index in [0.29, 0.717) is 5.69 Å². The summed E-state index contributed by atoms with van der Waals surface area (Å²) >= 11 is 0. The van der Waals surface area contributed by atoms with Crippen LogP contribution in [-0.2, 0) is 4.79 Å². The van der Waals surface area contributed by atoms with E-state index in [2.05, 4.69) is 21.7 Å². The Hall–Kier alpha value is -2.49. The molecule has 0 fully saturated rings. The highest BCUT2D eigenvalue weighted by atomic mass is 16.4. The van der Waals surface area contributed by atoms with Crippen molar-refractivity contribution in [2.24, 2.45) is 0 Å². The molecule has 102 valence electrons. The topological polar surface area (TPSA) is 96.3 Å². The van der Waals surface area contributed by atoms with Crippen molar-refractivity contribution in [2.75, 3.05) is 5.32 Å². The first-order valence-corrected chi connectivity index (χ1v) is 5.72. The number of carboxylic acid groups (broad SMARTS) is 1. The van der Waals surface area contributed by atoms with Crippen LogP contribution in [0.2, 0.25) is 0 Å². The SMILES string of the molecule is C#CCC(NC(=O)Nc1cnn(C(C)C)c1)C(=O)O. The lowest BCUT2D eigenvalue weighted by atomic mass is 10.2. The van der Waals surface area contributed by atoms with Crippen LogP contribution in [0.15, 0.2) is 12.4 Å². The number of amides is 2. The number of nitrogens with one attached hydrogen (secondary N) is 2. The summed E-state index contributed by atoms with van der Waals surface area (Å²) in [6.07, 6.45) is 8.10. The lowest BCUT2D eigenvalue weighted by molar-refractivity contribution is -0.139. The third-order valence-electron chi connectivity index (χ3n) is 2.31. The zero-order valence-electron chi connectivity index (χ0n) is 10.8. The van der Waals surface area contributed by atoms with Gasteiger partial charge in [-0.2, -0.15) is 5.10 Å². The van der Waals surface area contributed by atoms with Gasteiger partial charge in [-0.05, 0) is 13.8 Å². The zero-order chi connectivity index (χ0) is 14.4. The van der Waals surface area contributed by atoms with Crippen molar-refractivity contribution in [1.82, 2.24) is 15.1 Å². The van der Waals surface area contributed by atoms with Gasteiger partial charge in [-0.1, -0.05) is 0 Å². The molecule has 0 saturated heterocycles. The fraction of sp³-hybridized carbons (Fsp3) is 0.417. The molecule has 0 spiro atoms. The number of aromatic nitrogens is 2. The minimum Gasteiger partial charge on any atom is -0.480 e. The minimum absolute atomic E-state index is 0.0754. The zero-order valence-corrected chi connectivity index (χ0v) is 10.8. The van der Waals surface area contributed by atoms with Crippen LogP contribution in [0.3, 0.4) is 0 Å². The van der Waals surface area contributed by atoms with E-state index >= 15 is 0 Å². The number of rotatable bonds is 5. The van der Waals surface area contributed by atoms with Gasteiger partial charge in [-0.3, -0.25) is 4.68 Å². The van der Waals surface area contributed by atoms with E-state index in [1.165, 1.54) is 6.20 Å². The van der Waals surface area contributed by atoms with Gasteiger partial charge in [0.15, 0.2) is 0 Å². The third kappa shape index (κ3) is 4.35. The molecule has 1 rings (SSSR count). The normalized spacial score (nSPS) is 11.7. The van der Waals surface area contributed by atoms with Gasteiger partial charge in [0.25, 0.3) is 0 Å². The Bertz CT molecular complexity index is 501. The molecule has 0 aliphatic carbocycles. The molecule has 1 aromatic heterocycles. The van der Waals surface area contributed by atoms with E-state index in [9.17, 15) is 9.59 Å². The van der Waals surface area contributed by atoms with Crippen molar-refractivity contribution in [3.8, 4) is 12.3 Å². The number of carbonyl (C=O) groups excluding carboxylic acids is 1. The molecule has 2 amide bonds. The highest BCUT2D eigenvalue weighted by molar-refractivity contribution is 5.92. The number of urea groups is 1. The van der Waals surface area contributed by atoms with Crippen LogP contribution in [-0.4, -0.2) is 32.9 Å². The summed E-state index contributed by atoms with van der Waals surface area (Å²) in [5, 5.41) is 17.7. The smallest absolute Gasteiger partial charge is 0.327 e. The quantitative estimate of drug-likeness (QED) is 0.693. The monoisotopic (exact) mass is 264 g/mol. The van der Waals surface area contributed by atoms with Crippen molar-refractivity contribution in [2.45, 2.75) is 32.4 Å². The van der Waals surface area contributed by atoms with E-state index in [0.717, 1.165) is 0 Å². The highest BCUT2D eigenvalue weighted by Crippen LogP contribution is 2.09. The molecule has 3 N–H and O–H groups in total. The molecule has 0 saturated carbocycles. The lowest BCUT2D eigenvalue weighted by Crippen LogP contribution is -2.42. The Morgan fingerprint density at radius 1 is 1.58 bits per heavy atom. The molecule has 19 heavy (non-hydrogen) atoms. The maximum Gasteiger partial charge on any atom is 0.327 e. The molecular weight excluding hydrogens is 248 g/mol.